The average molecular weight is 1620 g/mol. The SMILES string of the molecule is Cc1ncc([C@@H](C(=O)O)N2CC[C@@H](OCCCCc3ccc4c(n3)NCCC4)C2)c([C@@H]2CCCCO2)n1.O=C(O)[C@H](c1cc(F)cnc1[C@@H]1CCC(F)(F)CO1)N1CC[C@@H](OCCCCc2ccc3c(n2)NCCC3)C1.O=C(O)[C@H](c1cnc(C(F)(F)F)nc1[C@@H]1CCCCO1)N1CC[C@@H](OCCCCc2ccc3c(n2)NCCC3)C1. The fourth-order valence-corrected chi connectivity index (χ4v) is 17.1. The minimum absolute atomic E-state index is 0.0183. The van der Waals surface area contributed by atoms with Gasteiger partial charge in [0.25, 0.3) is 5.92 Å². The van der Waals surface area contributed by atoms with Crippen molar-refractivity contribution in [1.82, 2.24) is 54.6 Å². The third-order valence-electron chi connectivity index (χ3n) is 23.1. The van der Waals surface area contributed by atoms with Gasteiger partial charge in [0.15, 0.2) is 0 Å². The number of unbranched alkanes of at least 4 members (excludes halogenated alkanes) is 3. The molecule has 9 aliphatic rings. The molecule has 6 saturated heterocycles. The Hall–Kier alpha value is -8.21. The first-order chi connectivity index (χ1) is 56.2. The summed E-state index contributed by atoms with van der Waals surface area (Å²) in [4.78, 5) is 77.3. The fraction of sp³-hybridized carbons (Fsp3) is 0.631. The highest BCUT2D eigenvalue weighted by molar-refractivity contribution is 5.77. The smallest absolute Gasteiger partial charge is 0.451 e. The lowest BCUT2D eigenvalue weighted by molar-refractivity contribution is -0.148. The van der Waals surface area contributed by atoms with Gasteiger partial charge in [0.05, 0.1) is 53.8 Å². The Morgan fingerprint density at radius 2 is 0.931 bits per heavy atom. The van der Waals surface area contributed by atoms with E-state index in [2.05, 4.69) is 77.3 Å². The van der Waals surface area contributed by atoms with E-state index in [1.807, 2.05) is 11.8 Å². The number of fused-ring (bicyclic) bond motifs is 3. The molecule has 6 aromatic heterocycles. The van der Waals surface area contributed by atoms with Crippen LogP contribution in [0.15, 0.2) is 61.1 Å². The van der Waals surface area contributed by atoms with Crippen LogP contribution in [0.4, 0.5) is 43.8 Å². The summed E-state index contributed by atoms with van der Waals surface area (Å²) >= 11 is 0. The predicted molar refractivity (Wildman–Crippen MR) is 417 cm³/mol. The van der Waals surface area contributed by atoms with E-state index in [-0.39, 0.29) is 53.4 Å². The second kappa shape index (κ2) is 41.0. The molecule has 9 aliphatic heterocycles. The van der Waals surface area contributed by atoms with E-state index in [0.29, 0.717) is 103 Å². The van der Waals surface area contributed by atoms with Gasteiger partial charge in [0.1, 0.15) is 59.9 Å². The number of halogens is 6. The molecule has 0 bridgehead atoms. The van der Waals surface area contributed by atoms with Crippen molar-refractivity contribution < 1.29 is 84.5 Å². The Morgan fingerprint density at radius 3 is 1.34 bits per heavy atom. The summed E-state index contributed by atoms with van der Waals surface area (Å²) in [6.07, 6.45) is 18.6. The van der Waals surface area contributed by atoms with Crippen LogP contribution >= 0.6 is 0 Å². The normalized spacial score (nSPS) is 23.0. The summed E-state index contributed by atoms with van der Waals surface area (Å²) < 4.78 is 117. The highest BCUT2D eigenvalue weighted by atomic mass is 19.4. The Balaban J connectivity index is 0.000000151. The highest BCUT2D eigenvalue weighted by Gasteiger charge is 2.44. The lowest BCUT2D eigenvalue weighted by Gasteiger charge is -2.32. The van der Waals surface area contributed by atoms with E-state index in [4.69, 9.17) is 43.4 Å². The zero-order valence-corrected chi connectivity index (χ0v) is 66.2. The number of nitrogens with zero attached hydrogens (tertiary/aromatic N) is 11. The number of nitrogens with one attached hydrogen (secondary N) is 3. The first kappa shape index (κ1) is 85.7. The number of aliphatic carboxylic acids is 3. The minimum Gasteiger partial charge on any atom is -0.480 e. The number of pyridine rings is 4. The van der Waals surface area contributed by atoms with Crippen molar-refractivity contribution in [1.29, 1.82) is 0 Å². The zero-order valence-electron chi connectivity index (χ0n) is 66.2. The molecule has 15 rings (SSSR count). The van der Waals surface area contributed by atoms with Crippen molar-refractivity contribution in [2.75, 3.05) is 114 Å². The summed E-state index contributed by atoms with van der Waals surface area (Å²) in [5.41, 5.74) is 9.00. The van der Waals surface area contributed by atoms with Gasteiger partial charge in [-0.2, -0.15) is 13.2 Å². The van der Waals surface area contributed by atoms with Crippen molar-refractivity contribution in [3.05, 3.63) is 146 Å². The highest BCUT2D eigenvalue weighted by Crippen LogP contribution is 2.42. The molecule has 0 aliphatic carbocycles. The van der Waals surface area contributed by atoms with E-state index >= 15 is 0 Å². The molecule has 6 N–H and O–H groups in total. The summed E-state index contributed by atoms with van der Waals surface area (Å²) in [5.74, 6) is -4.40. The summed E-state index contributed by atoms with van der Waals surface area (Å²) in [6.45, 7) is 9.73. The number of ether oxygens (including phenoxy) is 6. The third-order valence-corrected chi connectivity index (χ3v) is 23.1. The fourth-order valence-electron chi connectivity index (χ4n) is 17.1. The summed E-state index contributed by atoms with van der Waals surface area (Å²) in [5, 5.41) is 40.6. The zero-order chi connectivity index (χ0) is 81.1. The standard InChI is InChI=1S/C28H36F3N5O4.C28H35F3N4O4.C28H39N5O4/c29-28(30,31)27-33-16-21(23(35-27)22-8-2-4-15-40-22)24(26(37)38)36-13-11-20(17-36)39-14-3-1-7-19-10-9-18-6-5-12-32-25(18)34-19;29-19-14-22(24(33-15-19)23-8-10-28(30,31)17-39-23)25(27(36)37)35-12-9-21(16-35)38-13-2-1-5-20-7-6-18-4-3-11-32-26(18)34-20;1-19-30-17-23(25(31-19)24-9-3-5-16-37-24)26(28(34)35)33-14-12-22(18-33)36-15-4-2-8-21-11-10-20-7-6-13-29-27(20)32-21/h9-10,16,20,22,24H,1-8,11-15,17H2,(H,32,34)(H,37,38);6-7,14-15,21,23,25H,1-5,8-13,16-17H2,(H,32,34)(H,36,37);10-11,17,22,24,26H,2-9,12-16,18H2,1H3,(H,29,32)(H,34,35)/t20-,22+,24+;21-,23+,25+;22-,24+,26+/m111/s1. The van der Waals surface area contributed by atoms with E-state index in [0.717, 1.165) is 207 Å². The lowest BCUT2D eigenvalue weighted by Crippen LogP contribution is -2.36. The van der Waals surface area contributed by atoms with Gasteiger partial charge in [-0.3, -0.25) is 34.1 Å². The number of carboxylic acid groups (broad SMARTS) is 3. The van der Waals surface area contributed by atoms with E-state index in [1.165, 1.54) is 23.1 Å². The molecule has 15 heterocycles. The Kier molecular flexibility index (Phi) is 30.3. The molecule has 9 atom stereocenters. The largest absolute Gasteiger partial charge is 0.480 e. The molecule has 0 spiro atoms. The Bertz CT molecular complexity index is 4250. The van der Waals surface area contributed by atoms with Gasteiger partial charge in [-0.25, -0.2) is 48.1 Å². The summed E-state index contributed by atoms with van der Waals surface area (Å²) in [6, 6.07) is 10.8. The molecule has 116 heavy (non-hydrogen) atoms. The van der Waals surface area contributed by atoms with Crippen molar-refractivity contribution in [2.45, 2.75) is 241 Å². The number of rotatable bonds is 30. The Labute approximate surface area is 672 Å². The average Bonchev–Trinajstić information content (AvgIpc) is 1.35. The maximum absolute atomic E-state index is 14.2. The maximum atomic E-state index is 14.2. The van der Waals surface area contributed by atoms with E-state index in [1.54, 1.807) is 16.0 Å². The maximum Gasteiger partial charge on any atom is 0.451 e. The number of aromatic nitrogens is 8. The van der Waals surface area contributed by atoms with Gasteiger partial charge in [0.2, 0.25) is 5.82 Å². The van der Waals surface area contributed by atoms with Crippen molar-refractivity contribution in [3.8, 4) is 0 Å². The molecular formula is C84H110F6N14O12. The number of likely N-dealkylation sites (tertiary alicyclic amines) is 3. The molecule has 0 saturated carbocycles. The Morgan fingerprint density at radius 1 is 0.509 bits per heavy atom. The van der Waals surface area contributed by atoms with Crippen LogP contribution in [0.25, 0.3) is 0 Å². The molecule has 0 aromatic carbocycles. The number of aryl methyl sites for hydroxylation is 7. The van der Waals surface area contributed by atoms with Gasteiger partial charge >= 0.3 is 24.1 Å². The number of alkyl halides is 5. The predicted octanol–water partition coefficient (Wildman–Crippen LogP) is 13.4. The van der Waals surface area contributed by atoms with Crippen LogP contribution in [0.2, 0.25) is 0 Å². The van der Waals surface area contributed by atoms with E-state index in [9.17, 15) is 56.0 Å². The van der Waals surface area contributed by atoms with Crippen LogP contribution in [-0.2, 0) is 87.5 Å². The molecular weight excluding hydrogens is 1510 g/mol. The van der Waals surface area contributed by atoms with Gasteiger partial charge < -0.3 is 59.7 Å². The molecule has 630 valence electrons. The van der Waals surface area contributed by atoms with Gasteiger partial charge in [-0.05, 0) is 208 Å². The molecule has 6 aromatic rings. The number of carbonyl (C=O) groups is 3. The van der Waals surface area contributed by atoms with Crippen LogP contribution in [0.1, 0.15) is 244 Å². The first-order valence-corrected chi connectivity index (χ1v) is 41.8. The van der Waals surface area contributed by atoms with Crippen LogP contribution in [-0.4, -0.2) is 211 Å². The number of carboxylic acids is 3. The number of hydrogen-bond donors (Lipinski definition) is 6. The van der Waals surface area contributed by atoms with Crippen molar-refractivity contribution >= 4 is 35.4 Å². The van der Waals surface area contributed by atoms with Gasteiger partial charge in [-0.1, -0.05) is 18.2 Å². The molecule has 0 amide bonds. The topological polar surface area (TPSA) is 316 Å². The van der Waals surface area contributed by atoms with Crippen LogP contribution in [0.3, 0.4) is 0 Å². The first-order valence-electron chi connectivity index (χ1n) is 41.8. The lowest BCUT2D eigenvalue weighted by atomic mass is 9.95. The van der Waals surface area contributed by atoms with Crippen molar-refractivity contribution in [2.24, 2.45) is 0 Å². The summed E-state index contributed by atoms with van der Waals surface area (Å²) in [7, 11) is 0. The second-order valence-electron chi connectivity index (χ2n) is 31.8. The van der Waals surface area contributed by atoms with E-state index < -0.39 is 85.0 Å². The monoisotopic (exact) mass is 1620 g/mol. The molecule has 0 unspecified atom stereocenters. The van der Waals surface area contributed by atoms with Gasteiger partial charge in [-0.15, -0.1) is 0 Å². The molecule has 0 radical (unpaired) electrons. The minimum atomic E-state index is -4.74. The van der Waals surface area contributed by atoms with Gasteiger partial charge in [0, 0.05) is 145 Å². The van der Waals surface area contributed by atoms with Crippen LogP contribution in [0.5, 0.6) is 0 Å². The molecule has 6 fully saturated rings. The molecule has 32 heteroatoms. The number of anilines is 3. The van der Waals surface area contributed by atoms with Crippen LogP contribution in [0, 0.1) is 12.7 Å². The number of hydrogen-bond acceptors (Lipinski definition) is 23. The molecule has 26 nitrogen and oxygen atoms in total. The third kappa shape index (κ3) is 23.2. The second-order valence-corrected chi connectivity index (χ2v) is 31.8. The van der Waals surface area contributed by atoms with Crippen LogP contribution < -0.4 is 16.0 Å². The quantitative estimate of drug-likeness (QED) is 0.0180. The van der Waals surface area contributed by atoms with Crippen molar-refractivity contribution in [3.63, 3.8) is 0 Å².